The van der Waals surface area contributed by atoms with Gasteiger partial charge in [-0.3, -0.25) is 0 Å². The zero-order chi connectivity index (χ0) is 13.8. The van der Waals surface area contributed by atoms with Crippen molar-refractivity contribution in [2.24, 2.45) is 5.73 Å². The highest BCUT2D eigenvalue weighted by Gasteiger charge is 2.18. The quantitative estimate of drug-likeness (QED) is 0.867. The average Bonchev–Trinajstić information content (AvgIpc) is 2.33. The van der Waals surface area contributed by atoms with Gasteiger partial charge in [0.05, 0.1) is 14.2 Å². The Bertz CT molecular complexity index is 549. The van der Waals surface area contributed by atoms with E-state index in [9.17, 15) is 8.42 Å². The van der Waals surface area contributed by atoms with E-state index in [4.69, 9.17) is 15.2 Å². The van der Waals surface area contributed by atoms with E-state index in [0.717, 1.165) is 6.26 Å². The molecule has 0 fully saturated rings. The van der Waals surface area contributed by atoms with Crippen LogP contribution < -0.4 is 15.2 Å². The van der Waals surface area contributed by atoms with Crippen LogP contribution in [0.2, 0.25) is 0 Å². The Balaban J connectivity index is 3.55. The summed E-state index contributed by atoms with van der Waals surface area (Å²) in [4.78, 5) is 0.0982. The van der Waals surface area contributed by atoms with Gasteiger partial charge in [-0.05, 0) is 6.07 Å². The SMILES string of the molecule is COc1cc(/C=C/CN)c(OC)c(S(C)(=O)=O)c1. The van der Waals surface area contributed by atoms with E-state index in [0.29, 0.717) is 23.6 Å². The van der Waals surface area contributed by atoms with Crippen molar-refractivity contribution in [1.29, 1.82) is 0 Å². The first-order valence-corrected chi connectivity index (χ1v) is 7.16. The van der Waals surface area contributed by atoms with Crippen molar-refractivity contribution >= 4 is 15.9 Å². The molecule has 0 aliphatic rings. The number of hydrogen-bond donors (Lipinski definition) is 1. The molecule has 0 aliphatic carbocycles. The third kappa shape index (κ3) is 3.24. The van der Waals surface area contributed by atoms with E-state index in [1.807, 2.05) is 0 Å². The highest BCUT2D eigenvalue weighted by atomic mass is 32.2. The third-order valence-corrected chi connectivity index (χ3v) is 3.43. The maximum Gasteiger partial charge on any atom is 0.179 e. The number of nitrogens with two attached hydrogens (primary N) is 1. The molecule has 5 nitrogen and oxygen atoms in total. The van der Waals surface area contributed by atoms with Crippen molar-refractivity contribution < 1.29 is 17.9 Å². The molecule has 0 aliphatic heterocycles. The van der Waals surface area contributed by atoms with Gasteiger partial charge in [0.25, 0.3) is 0 Å². The molecule has 100 valence electrons. The largest absolute Gasteiger partial charge is 0.497 e. The molecule has 0 heterocycles. The Hall–Kier alpha value is -1.53. The van der Waals surface area contributed by atoms with Crippen LogP contribution in [0.1, 0.15) is 5.56 Å². The fourth-order valence-electron chi connectivity index (χ4n) is 1.53. The van der Waals surface area contributed by atoms with Crippen LogP contribution in [0.25, 0.3) is 6.08 Å². The molecule has 0 spiro atoms. The minimum absolute atomic E-state index is 0.0982. The molecule has 2 N–H and O–H groups in total. The lowest BCUT2D eigenvalue weighted by Gasteiger charge is -2.12. The monoisotopic (exact) mass is 271 g/mol. The number of rotatable bonds is 5. The molecule has 1 rings (SSSR count). The Morgan fingerprint density at radius 2 is 1.94 bits per heavy atom. The molecule has 0 saturated heterocycles. The van der Waals surface area contributed by atoms with Gasteiger partial charge in [0.2, 0.25) is 0 Å². The minimum Gasteiger partial charge on any atom is -0.497 e. The van der Waals surface area contributed by atoms with E-state index in [-0.39, 0.29) is 4.90 Å². The topological polar surface area (TPSA) is 78.6 Å². The predicted molar refractivity (Wildman–Crippen MR) is 70.7 cm³/mol. The standard InChI is InChI=1S/C12H17NO4S/c1-16-10-7-9(5-4-6-13)12(17-2)11(8-10)18(3,14)15/h4-5,7-8H,6,13H2,1-3H3/b5-4+. The molecule has 1 aromatic carbocycles. The van der Waals surface area contributed by atoms with Crippen LogP contribution in [-0.2, 0) is 9.84 Å². The van der Waals surface area contributed by atoms with Crippen molar-refractivity contribution in [2.45, 2.75) is 4.90 Å². The number of methoxy groups -OCH3 is 2. The van der Waals surface area contributed by atoms with Gasteiger partial charge in [-0.15, -0.1) is 0 Å². The molecule has 0 amide bonds. The number of hydrogen-bond acceptors (Lipinski definition) is 5. The van der Waals surface area contributed by atoms with Crippen LogP contribution in [0.4, 0.5) is 0 Å². The van der Waals surface area contributed by atoms with E-state index in [1.54, 1.807) is 18.2 Å². The van der Waals surface area contributed by atoms with Crippen molar-refractivity contribution in [2.75, 3.05) is 27.0 Å². The summed E-state index contributed by atoms with van der Waals surface area (Å²) in [6, 6.07) is 3.13. The van der Waals surface area contributed by atoms with E-state index in [1.165, 1.54) is 20.3 Å². The second-order valence-electron chi connectivity index (χ2n) is 3.66. The van der Waals surface area contributed by atoms with E-state index in [2.05, 4.69) is 0 Å². The van der Waals surface area contributed by atoms with Crippen molar-refractivity contribution in [3.05, 3.63) is 23.8 Å². The lowest BCUT2D eigenvalue weighted by atomic mass is 10.1. The van der Waals surface area contributed by atoms with Crippen molar-refractivity contribution in [3.63, 3.8) is 0 Å². The third-order valence-electron chi connectivity index (χ3n) is 2.33. The normalized spacial score (nSPS) is 11.8. The van der Waals surface area contributed by atoms with Crippen LogP contribution in [0, 0.1) is 0 Å². The molecule has 1 aromatic rings. The minimum atomic E-state index is -3.40. The Morgan fingerprint density at radius 1 is 1.28 bits per heavy atom. The van der Waals surface area contributed by atoms with Gasteiger partial charge in [0.15, 0.2) is 9.84 Å². The predicted octanol–water partition coefficient (Wildman–Crippen LogP) is 1.08. The highest BCUT2D eigenvalue weighted by molar-refractivity contribution is 7.90. The van der Waals surface area contributed by atoms with Crippen LogP contribution in [0.15, 0.2) is 23.1 Å². The summed E-state index contributed by atoms with van der Waals surface area (Å²) >= 11 is 0. The maximum atomic E-state index is 11.7. The van der Waals surface area contributed by atoms with Crippen LogP contribution >= 0.6 is 0 Å². The molecule has 0 atom stereocenters. The van der Waals surface area contributed by atoms with E-state index >= 15 is 0 Å². The van der Waals surface area contributed by atoms with Crippen molar-refractivity contribution in [3.8, 4) is 11.5 Å². The molecule has 0 saturated carbocycles. The van der Waals surface area contributed by atoms with Crippen LogP contribution in [0.5, 0.6) is 11.5 Å². The van der Waals surface area contributed by atoms with Gasteiger partial charge in [0, 0.05) is 24.4 Å². The van der Waals surface area contributed by atoms with Gasteiger partial charge in [-0.2, -0.15) is 0 Å². The number of benzene rings is 1. The summed E-state index contributed by atoms with van der Waals surface area (Å²) in [5.74, 6) is 0.746. The van der Waals surface area contributed by atoms with Crippen molar-refractivity contribution in [1.82, 2.24) is 0 Å². The number of ether oxygens (including phenoxy) is 2. The van der Waals surface area contributed by atoms with E-state index < -0.39 is 9.84 Å². The zero-order valence-corrected chi connectivity index (χ0v) is 11.5. The summed E-state index contributed by atoms with van der Waals surface area (Å²) in [6.45, 7) is 0.356. The summed E-state index contributed by atoms with van der Waals surface area (Å²) in [6.07, 6.45) is 4.54. The lowest BCUT2D eigenvalue weighted by molar-refractivity contribution is 0.391. The summed E-state index contributed by atoms with van der Waals surface area (Å²) < 4.78 is 33.7. The maximum absolute atomic E-state index is 11.7. The second-order valence-corrected chi connectivity index (χ2v) is 5.64. The molecular weight excluding hydrogens is 254 g/mol. The Kier molecular flexibility index (Phi) is 4.75. The first kappa shape index (κ1) is 14.5. The van der Waals surface area contributed by atoms with Crippen LogP contribution in [0.3, 0.4) is 0 Å². The highest BCUT2D eigenvalue weighted by Crippen LogP contribution is 2.33. The zero-order valence-electron chi connectivity index (χ0n) is 10.6. The van der Waals surface area contributed by atoms with Crippen LogP contribution in [-0.4, -0.2) is 35.4 Å². The first-order valence-electron chi connectivity index (χ1n) is 5.26. The molecule has 0 aromatic heterocycles. The van der Waals surface area contributed by atoms with Gasteiger partial charge in [-0.1, -0.05) is 12.2 Å². The average molecular weight is 271 g/mol. The lowest BCUT2D eigenvalue weighted by Crippen LogP contribution is -2.03. The fraction of sp³-hybridized carbons (Fsp3) is 0.333. The Labute approximate surface area is 107 Å². The fourth-order valence-corrected chi connectivity index (χ4v) is 2.40. The summed E-state index contributed by atoms with van der Waals surface area (Å²) in [7, 11) is -0.493. The van der Waals surface area contributed by atoms with Gasteiger partial charge in [0.1, 0.15) is 16.4 Å². The number of sulfone groups is 1. The van der Waals surface area contributed by atoms with Gasteiger partial charge in [-0.25, -0.2) is 8.42 Å². The molecule has 0 bridgehead atoms. The smallest absolute Gasteiger partial charge is 0.179 e. The van der Waals surface area contributed by atoms with Gasteiger partial charge >= 0.3 is 0 Å². The van der Waals surface area contributed by atoms with Gasteiger partial charge < -0.3 is 15.2 Å². The second kappa shape index (κ2) is 5.88. The molecule has 18 heavy (non-hydrogen) atoms. The molecular formula is C12H17NO4S. The Morgan fingerprint density at radius 3 is 2.39 bits per heavy atom. The summed E-state index contributed by atoms with van der Waals surface area (Å²) in [5.41, 5.74) is 6.00. The molecule has 0 radical (unpaired) electrons. The summed E-state index contributed by atoms with van der Waals surface area (Å²) in [5, 5.41) is 0. The molecule has 6 heteroatoms. The first-order chi connectivity index (χ1) is 8.43. The molecule has 0 unspecified atom stereocenters.